The summed E-state index contributed by atoms with van der Waals surface area (Å²) in [6, 6.07) is 7.48. The minimum Gasteiger partial charge on any atom is -0.491 e. The van der Waals surface area contributed by atoms with Gasteiger partial charge in [-0.2, -0.15) is 4.98 Å². The van der Waals surface area contributed by atoms with Crippen LogP contribution in [0.3, 0.4) is 0 Å². The highest BCUT2D eigenvalue weighted by molar-refractivity contribution is 7.15. The predicted molar refractivity (Wildman–Crippen MR) is 115 cm³/mol. The van der Waals surface area contributed by atoms with Gasteiger partial charge in [0.2, 0.25) is 5.82 Å². The third-order valence-corrected chi connectivity index (χ3v) is 7.70. The van der Waals surface area contributed by atoms with Crippen molar-refractivity contribution in [3.63, 3.8) is 0 Å². The van der Waals surface area contributed by atoms with E-state index in [9.17, 15) is 5.11 Å². The third-order valence-electron chi connectivity index (χ3n) is 6.55. The van der Waals surface area contributed by atoms with Crippen molar-refractivity contribution in [2.24, 2.45) is 11.3 Å². The number of aliphatic hydroxyl groups excluding tert-OH is 1. The molecule has 2 aliphatic rings. The molecule has 1 unspecified atom stereocenters. The second kappa shape index (κ2) is 7.18. The minimum absolute atomic E-state index is 0.182. The van der Waals surface area contributed by atoms with E-state index in [1.54, 1.807) is 18.4 Å². The van der Waals surface area contributed by atoms with Crippen LogP contribution in [0.4, 0.5) is 0 Å². The number of fused-ring (bicyclic) bond motifs is 3. The first-order valence-electron chi connectivity index (χ1n) is 10.3. The maximum atomic E-state index is 9.69. The Morgan fingerprint density at radius 2 is 2.03 bits per heavy atom. The molecule has 0 spiro atoms. The van der Waals surface area contributed by atoms with Crippen LogP contribution in [0.15, 0.2) is 28.8 Å². The van der Waals surface area contributed by atoms with Crippen LogP contribution in [0, 0.1) is 18.3 Å². The molecule has 158 valence electrons. The predicted octanol–water partition coefficient (Wildman–Crippen LogP) is 4.46. The number of benzene rings is 1. The molecule has 1 saturated carbocycles. The highest BCUT2D eigenvalue weighted by atomic mass is 32.1. The van der Waals surface area contributed by atoms with Gasteiger partial charge in [-0.1, -0.05) is 19.0 Å². The van der Waals surface area contributed by atoms with Crippen molar-refractivity contribution in [3.8, 4) is 27.9 Å². The van der Waals surface area contributed by atoms with Gasteiger partial charge in [0.05, 0.1) is 11.5 Å². The van der Waals surface area contributed by atoms with E-state index in [0.717, 1.165) is 22.8 Å². The van der Waals surface area contributed by atoms with Crippen molar-refractivity contribution in [2.45, 2.75) is 39.2 Å². The molecule has 0 amide bonds. The Kier molecular flexibility index (Phi) is 4.72. The largest absolute Gasteiger partial charge is 0.491 e. The quantitative estimate of drug-likeness (QED) is 0.601. The van der Waals surface area contributed by atoms with Crippen LogP contribution in [0.5, 0.6) is 5.75 Å². The van der Waals surface area contributed by atoms with Crippen molar-refractivity contribution < 1.29 is 19.1 Å². The highest BCUT2D eigenvalue weighted by Gasteiger charge is 2.63. The average molecular weight is 427 g/mol. The van der Waals surface area contributed by atoms with Crippen LogP contribution in [0.2, 0.25) is 0 Å². The fraction of sp³-hybridized carbons (Fsp3) is 0.478. The summed E-state index contributed by atoms with van der Waals surface area (Å²) in [5, 5.41) is 13.9. The van der Waals surface area contributed by atoms with Crippen molar-refractivity contribution in [1.82, 2.24) is 10.1 Å². The lowest BCUT2D eigenvalue weighted by molar-refractivity contribution is 0.0325. The van der Waals surface area contributed by atoms with E-state index >= 15 is 0 Å². The molecule has 1 N–H and O–H groups in total. The average Bonchev–Trinajstić information content (AvgIpc) is 3.22. The maximum absolute atomic E-state index is 9.69. The molecule has 2 aromatic heterocycles. The molecule has 3 atom stereocenters. The van der Waals surface area contributed by atoms with Gasteiger partial charge in [0, 0.05) is 17.6 Å². The molecule has 0 bridgehead atoms. The minimum atomic E-state index is -0.651. The summed E-state index contributed by atoms with van der Waals surface area (Å²) < 4.78 is 16.1. The zero-order chi connectivity index (χ0) is 21.0. The Labute approximate surface area is 179 Å². The standard InChI is InChI=1S/C23H26N2O4S/c1-12-18-16(9-17-19(18)23(17,2)3)20(30-12)22-24-21(25-29-22)13-5-7-15(8-6-13)28-11-14(26)10-27-4/h5-8,14,17,19,26H,9-11H2,1-4H3/t14?,17-,19-/m1/s1. The summed E-state index contributed by atoms with van der Waals surface area (Å²) in [6.45, 7) is 7.39. The Bertz CT molecular complexity index is 1070. The Balaban J connectivity index is 1.33. The van der Waals surface area contributed by atoms with Gasteiger partial charge < -0.3 is 19.1 Å². The zero-order valence-electron chi connectivity index (χ0n) is 17.6. The van der Waals surface area contributed by atoms with Crippen molar-refractivity contribution in [1.29, 1.82) is 0 Å². The lowest BCUT2D eigenvalue weighted by Gasteiger charge is -2.11. The fourth-order valence-corrected chi connectivity index (χ4v) is 6.02. The molecule has 0 radical (unpaired) electrons. The molecule has 2 aliphatic carbocycles. The number of hydrogen-bond acceptors (Lipinski definition) is 7. The van der Waals surface area contributed by atoms with Gasteiger partial charge >= 0.3 is 0 Å². The number of aryl methyl sites for hydroxylation is 1. The molecule has 3 aromatic rings. The lowest BCUT2D eigenvalue weighted by atomic mass is 9.95. The molecule has 1 aromatic carbocycles. The van der Waals surface area contributed by atoms with E-state index in [0.29, 0.717) is 28.8 Å². The SMILES string of the molecule is COCC(O)COc1ccc(-c2noc(-c3sc(C)c4c3C[C@@H]3[C@H]4C3(C)C)n2)cc1. The van der Waals surface area contributed by atoms with E-state index in [1.165, 1.54) is 16.0 Å². The van der Waals surface area contributed by atoms with Crippen LogP contribution in [0.25, 0.3) is 22.2 Å². The molecular formula is C23H26N2O4S. The van der Waals surface area contributed by atoms with Crippen molar-refractivity contribution in [2.75, 3.05) is 20.3 Å². The number of ether oxygens (including phenoxy) is 2. The van der Waals surface area contributed by atoms with Crippen LogP contribution in [-0.2, 0) is 11.2 Å². The number of hydrogen-bond donors (Lipinski definition) is 1. The summed E-state index contributed by atoms with van der Waals surface area (Å²) in [6.07, 6.45) is 0.466. The Morgan fingerprint density at radius 3 is 2.77 bits per heavy atom. The van der Waals surface area contributed by atoms with Gasteiger partial charge in [0.25, 0.3) is 5.89 Å². The van der Waals surface area contributed by atoms with E-state index in [1.807, 2.05) is 24.3 Å². The van der Waals surface area contributed by atoms with E-state index in [-0.39, 0.29) is 13.2 Å². The van der Waals surface area contributed by atoms with Gasteiger partial charge in [-0.15, -0.1) is 11.3 Å². The molecular weight excluding hydrogens is 400 g/mol. The van der Waals surface area contributed by atoms with Crippen LogP contribution < -0.4 is 4.74 Å². The molecule has 1 fully saturated rings. The van der Waals surface area contributed by atoms with E-state index < -0.39 is 6.10 Å². The Morgan fingerprint density at radius 1 is 1.27 bits per heavy atom. The maximum Gasteiger partial charge on any atom is 0.268 e. The first kappa shape index (κ1) is 19.7. The number of nitrogens with zero attached hydrogens (tertiary/aromatic N) is 2. The van der Waals surface area contributed by atoms with E-state index in [4.69, 9.17) is 14.0 Å². The van der Waals surface area contributed by atoms with E-state index in [2.05, 4.69) is 30.9 Å². The molecule has 6 nitrogen and oxygen atoms in total. The number of rotatable bonds is 7. The topological polar surface area (TPSA) is 77.6 Å². The smallest absolute Gasteiger partial charge is 0.268 e. The normalized spacial score (nSPS) is 21.9. The van der Waals surface area contributed by atoms with Gasteiger partial charge in [-0.05, 0) is 66.0 Å². The second-order valence-corrected chi connectivity index (χ2v) is 10.1. The van der Waals surface area contributed by atoms with Crippen LogP contribution >= 0.6 is 11.3 Å². The fourth-order valence-electron chi connectivity index (χ4n) is 4.87. The Hall–Kier alpha value is -2.22. The summed E-state index contributed by atoms with van der Waals surface area (Å²) in [4.78, 5) is 7.20. The van der Waals surface area contributed by atoms with Crippen LogP contribution in [0.1, 0.15) is 35.8 Å². The lowest BCUT2D eigenvalue weighted by Crippen LogP contribution is -2.22. The monoisotopic (exact) mass is 426 g/mol. The van der Waals surface area contributed by atoms with Gasteiger partial charge in [-0.25, -0.2) is 0 Å². The number of methoxy groups -OCH3 is 1. The zero-order valence-corrected chi connectivity index (χ0v) is 18.5. The summed E-state index contributed by atoms with van der Waals surface area (Å²) in [7, 11) is 1.55. The molecule has 30 heavy (non-hydrogen) atoms. The van der Waals surface area contributed by atoms with Gasteiger partial charge in [-0.3, -0.25) is 0 Å². The number of aliphatic hydroxyl groups is 1. The van der Waals surface area contributed by atoms with Gasteiger partial charge in [0.1, 0.15) is 18.5 Å². The van der Waals surface area contributed by atoms with Crippen LogP contribution in [-0.4, -0.2) is 41.7 Å². The van der Waals surface area contributed by atoms with Crippen molar-refractivity contribution in [3.05, 3.63) is 40.3 Å². The second-order valence-electron chi connectivity index (χ2n) is 8.86. The summed E-state index contributed by atoms with van der Waals surface area (Å²) in [5.41, 5.74) is 4.24. The first-order chi connectivity index (χ1) is 14.4. The summed E-state index contributed by atoms with van der Waals surface area (Å²) >= 11 is 1.78. The number of aromatic nitrogens is 2. The third kappa shape index (κ3) is 3.16. The molecule has 7 heteroatoms. The van der Waals surface area contributed by atoms with Crippen molar-refractivity contribution >= 4 is 11.3 Å². The van der Waals surface area contributed by atoms with Gasteiger partial charge in [0.15, 0.2) is 0 Å². The molecule has 0 aliphatic heterocycles. The number of thiophene rings is 1. The molecule has 0 saturated heterocycles. The summed E-state index contributed by atoms with van der Waals surface area (Å²) in [5.74, 6) is 3.30. The molecule has 2 heterocycles. The first-order valence-corrected chi connectivity index (χ1v) is 11.1. The highest BCUT2D eigenvalue weighted by Crippen LogP contribution is 2.72. The molecule has 5 rings (SSSR count).